The van der Waals surface area contributed by atoms with E-state index in [1.807, 2.05) is 27.7 Å². The molecule has 4 rings (SSSR count). The van der Waals surface area contributed by atoms with E-state index in [0.717, 1.165) is 38.6 Å². The molecule has 0 atom stereocenters. The van der Waals surface area contributed by atoms with Crippen LogP contribution in [0, 0.1) is 41.5 Å². The van der Waals surface area contributed by atoms with E-state index in [2.05, 4.69) is 48.4 Å². The van der Waals surface area contributed by atoms with Crippen molar-refractivity contribution in [3.05, 3.63) is 63.0 Å². The first-order valence-corrected chi connectivity index (χ1v) is 13.3. The Morgan fingerprint density at radius 2 is 1.47 bits per heavy atom. The minimum atomic E-state index is -3.53. The predicted octanol–water partition coefficient (Wildman–Crippen LogP) is 5.17. The Morgan fingerprint density at radius 3 is 2.09 bits per heavy atom. The van der Waals surface area contributed by atoms with E-state index in [-0.39, 0.29) is 0 Å². The Balaban J connectivity index is 1.53. The van der Waals surface area contributed by atoms with Crippen LogP contribution in [0.4, 0.5) is 5.13 Å². The molecule has 170 valence electrons. The molecule has 1 saturated heterocycles. The smallest absolute Gasteiger partial charge is 0.243 e. The molecule has 0 unspecified atom stereocenters. The van der Waals surface area contributed by atoms with Crippen LogP contribution in [-0.2, 0) is 10.0 Å². The topological polar surface area (TPSA) is 53.5 Å². The van der Waals surface area contributed by atoms with Crippen molar-refractivity contribution >= 4 is 26.5 Å². The van der Waals surface area contributed by atoms with Gasteiger partial charge in [0, 0.05) is 37.1 Å². The largest absolute Gasteiger partial charge is 0.345 e. The second-order valence-electron chi connectivity index (χ2n) is 8.74. The maximum Gasteiger partial charge on any atom is 0.243 e. The van der Waals surface area contributed by atoms with Crippen molar-refractivity contribution in [1.29, 1.82) is 0 Å². The van der Waals surface area contributed by atoms with Gasteiger partial charge in [0.1, 0.15) is 0 Å². The van der Waals surface area contributed by atoms with Gasteiger partial charge in [-0.25, -0.2) is 13.4 Å². The molecule has 0 amide bonds. The van der Waals surface area contributed by atoms with Crippen LogP contribution in [0.2, 0.25) is 0 Å². The summed E-state index contributed by atoms with van der Waals surface area (Å²) in [7, 11) is -3.53. The van der Waals surface area contributed by atoms with Crippen molar-refractivity contribution in [2.45, 2.75) is 46.4 Å². The number of benzene rings is 2. The molecular weight excluding hydrogens is 438 g/mol. The highest BCUT2D eigenvalue weighted by Crippen LogP contribution is 2.33. The zero-order valence-electron chi connectivity index (χ0n) is 19.7. The zero-order valence-corrected chi connectivity index (χ0v) is 21.3. The molecule has 2 heterocycles. The summed E-state index contributed by atoms with van der Waals surface area (Å²) in [5.41, 5.74) is 8.41. The van der Waals surface area contributed by atoms with Crippen LogP contribution in [0.25, 0.3) is 11.3 Å². The van der Waals surface area contributed by atoms with Gasteiger partial charge in [0.25, 0.3) is 0 Å². The first-order chi connectivity index (χ1) is 15.1. The molecule has 2 aromatic carbocycles. The molecule has 0 saturated carbocycles. The van der Waals surface area contributed by atoms with E-state index < -0.39 is 10.0 Å². The summed E-state index contributed by atoms with van der Waals surface area (Å²) in [6.07, 6.45) is 0. The molecule has 0 bridgehead atoms. The lowest BCUT2D eigenvalue weighted by atomic mass is 10.0. The maximum absolute atomic E-state index is 13.5. The summed E-state index contributed by atoms with van der Waals surface area (Å²) < 4.78 is 28.7. The van der Waals surface area contributed by atoms with Crippen molar-refractivity contribution in [2.75, 3.05) is 31.1 Å². The number of sulfonamides is 1. The molecule has 0 N–H and O–H groups in total. The normalized spacial score (nSPS) is 15.4. The lowest BCUT2D eigenvalue weighted by molar-refractivity contribution is 0.384. The van der Waals surface area contributed by atoms with Gasteiger partial charge >= 0.3 is 0 Å². The molecule has 5 nitrogen and oxygen atoms in total. The van der Waals surface area contributed by atoms with Crippen LogP contribution in [0.3, 0.4) is 0 Å². The Kier molecular flexibility index (Phi) is 6.18. The van der Waals surface area contributed by atoms with Gasteiger partial charge in [-0.1, -0.05) is 24.3 Å². The number of hydrogen-bond donors (Lipinski definition) is 0. The minimum Gasteiger partial charge on any atom is -0.345 e. The van der Waals surface area contributed by atoms with E-state index in [1.54, 1.807) is 15.6 Å². The molecule has 3 aromatic rings. The van der Waals surface area contributed by atoms with Gasteiger partial charge in [0.2, 0.25) is 10.0 Å². The number of rotatable bonds is 4. The number of piperazine rings is 1. The van der Waals surface area contributed by atoms with Gasteiger partial charge < -0.3 is 4.90 Å². The van der Waals surface area contributed by atoms with E-state index in [4.69, 9.17) is 4.98 Å². The zero-order chi connectivity index (χ0) is 23.2. The molecule has 0 spiro atoms. The van der Waals surface area contributed by atoms with Crippen LogP contribution in [0.1, 0.15) is 33.4 Å². The third kappa shape index (κ3) is 3.98. The van der Waals surface area contributed by atoms with Crippen molar-refractivity contribution in [2.24, 2.45) is 0 Å². The Morgan fingerprint density at radius 1 is 0.844 bits per heavy atom. The quantitative estimate of drug-likeness (QED) is 0.529. The Labute approximate surface area is 195 Å². The fraction of sp³-hybridized carbons (Fsp3) is 0.400. The van der Waals surface area contributed by atoms with E-state index in [1.165, 1.54) is 11.1 Å². The van der Waals surface area contributed by atoms with Crippen LogP contribution in [0.15, 0.2) is 34.5 Å². The fourth-order valence-corrected chi connectivity index (χ4v) is 7.26. The number of thiazole rings is 1. The SMILES string of the molecule is Cc1cccc(-c2csc(N3CCN(S(=O)(=O)c4c(C)c(C)cc(C)c4C)CC3)n2)c1C. The maximum atomic E-state index is 13.5. The third-order valence-corrected chi connectivity index (χ3v) is 9.85. The second-order valence-corrected chi connectivity index (χ2v) is 11.5. The van der Waals surface area contributed by atoms with Crippen molar-refractivity contribution in [3.63, 3.8) is 0 Å². The third-order valence-electron chi connectivity index (χ3n) is 6.78. The van der Waals surface area contributed by atoms with Crippen LogP contribution in [0.5, 0.6) is 0 Å². The van der Waals surface area contributed by atoms with E-state index in [0.29, 0.717) is 31.1 Å². The van der Waals surface area contributed by atoms with Crippen molar-refractivity contribution < 1.29 is 8.42 Å². The molecule has 0 radical (unpaired) electrons. The summed E-state index contributed by atoms with van der Waals surface area (Å²) in [6, 6.07) is 8.36. The monoisotopic (exact) mass is 469 g/mol. The molecule has 1 fully saturated rings. The average Bonchev–Trinajstić information content (AvgIpc) is 3.24. The summed E-state index contributed by atoms with van der Waals surface area (Å²) in [4.78, 5) is 7.56. The fourth-order valence-electron chi connectivity index (χ4n) is 4.38. The minimum absolute atomic E-state index is 0.465. The summed E-state index contributed by atoms with van der Waals surface area (Å²) in [6.45, 7) is 14.2. The highest BCUT2D eigenvalue weighted by atomic mass is 32.2. The van der Waals surface area contributed by atoms with Crippen LogP contribution < -0.4 is 4.90 Å². The average molecular weight is 470 g/mol. The standard InChI is InChI=1S/C25H31N3O2S2/c1-16-8-7-9-22(19(16)4)23-15-31-25(26-23)27-10-12-28(13-11-27)32(29,30)24-20(5)17(2)14-18(3)21(24)6/h7-9,14-15H,10-13H2,1-6H3. The number of aromatic nitrogens is 1. The first kappa shape index (κ1) is 23.0. The highest BCUT2D eigenvalue weighted by molar-refractivity contribution is 7.89. The van der Waals surface area contributed by atoms with E-state index >= 15 is 0 Å². The van der Waals surface area contributed by atoms with Crippen molar-refractivity contribution in [1.82, 2.24) is 9.29 Å². The number of hydrogen-bond acceptors (Lipinski definition) is 5. The molecule has 7 heteroatoms. The van der Waals surface area contributed by atoms with Crippen molar-refractivity contribution in [3.8, 4) is 11.3 Å². The number of aryl methyl sites for hydroxylation is 3. The van der Waals surface area contributed by atoms with Gasteiger partial charge in [0.05, 0.1) is 10.6 Å². The molecule has 1 aliphatic heterocycles. The molecule has 0 aliphatic carbocycles. The summed E-state index contributed by atoms with van der Waals surface area (Å²) in [5.74, 6) is 0. The van der Waals surface area contributed by atoms with Crippen LogP contribution in [-0.4, -0.2) is 43.9 Å². The predicted molar refractivity (Wildman–Crippen MR) is 133 cm³/mol. The van der Waals surface area contributed by atoms with Gasteiger partial charge in [-0.3, -0.25) is 0 Å². The Bertz CT molecular complexity index is 1240. The number of anilines is 1. The Hall–Kier alpha value is -2.22. The van der Waals surface area contributed by atoms with Gasteiger partial charge in [-0.05, 0) is 74.9 Å². The van der Waals surface area contributed by atoms with Gasteiger partial charge in [0.15, 0.2) is 5.13 Å². The summed E-state index contributed by atoms with van der Waals surface area (Å²) in [5, 5.41) is 3.05. The summed E-state index contributed by atoms with van der Waals surface area (Å²) >= 11 is 1.63. The lowest BCUT2D eigenvalue weighted by Gasteiger charge is -2.34. The molecular formula is C25H31N3O2S2. The molecule has 1 aromatic heterocycles. The first-order valence-electron chi connectivity index (χ1n) is 11.0. The van der Waals surface area contributed by atoms with Crippen LogP contribution >= 0.6 is 11.3 Å². The van der Waals surface area contributed by atoms with E-state index in [9.17, 15) is 8.42 Å². The highest BCUT2D eigenvalue weighted by Gasteiger charge is 2.32. The van der Waals surface area contributed by atoms with Gasteiger partial charge in [-0.2, -0.15) is 4.31 Å². The molecule has 32 heavy (non-hydrogen) atoms. The lowest BCUT2D eigenvalue weighted by Crippen LogP contribution is -2.49. The number of nitrogens with zero attached hydrogens (tertiary/aromatic N) is 3. The molecule has 1 aliphatic rings. The second kappa shape index (κ2) is 8.61. The van der Waals surface area contributed by atoms with Gasteiger partial charge in [-0.15, -0.1) is 11.3 Å².